The predicted octanol–water partition coefficient (Wildman–Crippen LogP) is 4.86. The van der Waals surface area contributed by atoms with Gasteiger partial charge < -0.3 is 23.8 Å². The third kappa shape index (κ3) is 6.35. The molecule has 0 bridgehead atoms. The van der Waals surface area contributed by atoms with Crippen LogP contribution in [0.3, 0.4) is 0 Å². The first-order chi connectivity index (χ1) is 21.4. The first kappa shape index (κ1) is 29.1. The van der Waals surface area contributed by atoms with E-state index in [2.05, 4.69) is 25.3 Å². The first-order valence-electron chi connectivity index (χ1n) is 13.7. The van der Waals surface area contributed by atoms with Crippen LogP contribution in [0.2, 0.25) is 0 Å². The number of thiazole rings is 1. The number of aromatic nitrogens is 4. The summed E-state index contributed by atoms with van der Waals surface area (Å²) in [5.74, 6) is -0.360. The normalized spacial score (nSPS) is 13.2. The Morgan fingerprint density at radius 2 is 1.89 bits per heavy atom. The summed E-state index contributed by atoms with van der Waals surface area (Å²) < 4.78 is 36.8. The Kier molecular flexibility index (Phi) is 8.43. The van der Waals surface area contributed by atoms with E-state index in [4.69, 9.17) is 18.9 Å². The van der Waals surface area contributed by atoms with Gasteiger partial charge in [-0.1, -0.05) is 0 Å². The Balaban J connectivity index is 1.05. The number of benzene rings is 2. The van der Waals surface area contributed by atoms with Crippen LogP contribution in [-0.4, -0.2) is 83.5 Å². The largest absolute Gasteiger partial charge is 0.487 e. The van der Waals surface area contributed by atoms with E-state index < -0.39 is 11.9 Å². The summed E-state index contributed by atoms with van der Waals surface area (Å²) in [6.07, 6.45) is 2.18. The van der Waals surface area contributed by atoms with Gasteiger partial charge in [0.2, 0.25) is 5.88 Å². The summed E-state index contributed by atoms with van der Waals surface area (Å²) in [6, 6.07) is 9.86. The molecule has 0 aliphatic carbocycles. The van der Waals surface area contributed by atoms with E-state index in [0.29, 0.717) is 64.1 Å². The minimum atomic E-state index is -0.739. The predicted molar refractivity (Wildman–Crippen MR) is 161 cm³/mol. The molecule has 0 saturated carbocycles. The van der Waals surface area contributed by atoms with Crippen LogP contribution in [0.5, 0.6) is 11.6 Å². The lowest BCUT2D eigenvalue weighted by atomic mass is 10.1. The number of aryl methyl sites for hydroxylation is 1. The van der Waals surface area contributed by atoms with Gasteiger partial charge in [0, 0.05) is 30.8 Å². The molecule has 5 aromatic rings. The molecule has 1 aliphatic rings. The lowest BCUT2D eigenvalue weighted by Gasteiger charge is -2.26. The molecule has 14 heteroatoms. The summed E-state index contributed by atoms with van der Waals surface area (Å²) in [7, 11) is 1.53. The molecule has 2 amide bonds. The zero-order valence-electron chi connectivity index (χ0n) is 23.8. The molecule has 2 aromatic carbocycles. The number of fused-ring (bicyclic) bond motifs is 2. The number of morpholine rings is 1. The van der Waals surface area contributed by atoms with Crippen molar-refractivity contribution in [2.75, 3.05) is 51.9 Å². The van der Waals surface area contributed by atoms with E-state index in [1.165, 1.54) is 36.8 Å². The van der Waals surface area contributed by atoms with Crippen molar-refractivity contribution >= 4 is 50.3 Å². The topological polar surface area (TPSA) is 138 Å². The molecule has 4 heterocycles. The van der Waals surface area contributed by atoms with Crippen LogP contribution in [0.25, 0.3) is 31.8 Å². The number of carbonyl (C=O) groups excluding carboxylic acids is 2. The van der Waals surface area contributed by atoms with Crippen molar-refractivity contribution in [2.45, 2.75) is 6.92 Å². The highest BCUT2D eigenvalue weighted by molar-refractivity contribution is 7.21. The fraction of sp³-hybridized carbons (Fsp3) is 0.267. The van der Waals surface area contributed by atoms with Crippen molar-refractivity contribution in [1.82, 2.24) is 24.8 Å². The second-order valence-electron chi connectivity index (χ2n) is 9.81. The summed E-state index contributed by atoms with van der Waals surface area (Å²) in [5, 5.41) is 3.21. The first-order valence-corrected chi connectivity index (χ1v) is 14.5. The SMILES string of the molecule is COc1cnc2c(-c3nc4cc(F)c(OCCOC(=O)Nc5ccc(C(=O)N6CCOCC6)nc5)cc4s3)cc(C)cc2n1. The Morgan fingerprint density at radius 1 is 1.05 bits per heavy atom. The van der Waals surface area contributed by atoms with E-state index in [1.54, 1.807) is 23.2 Å². The minimum Gasteiger partial charge on any atom is -0.487 e. The summed E-state index contributed by atoms with van der Waals surface area (Å²) in [5.41, 5.74) is 4.20. The smallest absolute Gasteiger partial charge is 0.411 e. The van der Waals surface area contributed by atoms with Gasteiger partial charge >= 0.3 is 6.09 Å². The van der Waals surface area contributed by atoms with Crippen LogP contribution in [0.15, 0.2) is 48.8 Å². The van der Waals surface area contributed by atoms with Gasteiger partial charge in [-0.05, 0) is 36.8 Å². The summed E-state index contributed by atoms with van der Waals surface area (Å²) >= 11 is 1.38. The molecule has 0 atom stereocenters. The number of hydrogen-bond donors (Lipinski definition) is 1. The molecule has 0 unspecified atom stereocenters. The summed E-state index contributed by atoms with van der Waals surface area (Å²) in [4.78, 5) is 44.2. The van der Waals surface area contributed by atoms with Gasteiger partial charge in [-0.15, -0.1) is 11.3 Å². The van der Waals surface area contributed by atoms with Gasteiger partial charge in [0.15, 0.2) is 11.6 Å². The van der Waals surface area contributed by atoms with Gasteiger partial charge in [0.05, 0.1) is 59.7 Å². The molecule has 1 aliphatic heterocycles. The zero-order valence-corrected chi connectivity index (χ0v) is 24.6. The second-order valence-corrected chi connectivity index (χ2v) is 10.8. The number of rotatable bonds is 8. The molecule has 44 heavy (non-hydrogen) atoms. The molecule has 3 aromatic heterocycles. The maximum absolute atomic E-state index is 14.9. The van der Waals surface area contributed by atoms with Gasteiger partial charge in [-0.25, -0.2) is 29.1 Å². The Bertz CT molecular complexity index is 1840. The number of hydrogen-bond acceptors (Lipinski definition) is 11. The zero-order chi connectivity index (χ0) is 30.6. The lowest BCUT2D eigenvalue weighted by Crippen LogP contribution is -2.41. The second kappa shape index (κ2) is 12.7. The molecule has 1 saturated heterocycles. The highest BCUT2D eigenvalue weighted by Crippen LogP contribution is 2.37. The Hall–Kier alpha value is -4.95. The van der Waals surface area contributed by atoms with Crippen molar-refractivity contribution in [2.24, 2.45) is 0 Å². The number of methoxy groups -OCH3 is 1. The van der Waals surface area contributed by atoms with Crippen LogP contribution < -0.4 is 14.8 Å². The fourth-order valence-electron chi connectivity index (χ4n) is 4.63. The monoisotopic (exact) mass is 618 g/mol. The van der Waals surface area contributed by atoms with Crippen LogP contribution >= 0.6 is 11.3 Å². The highest BCUT2D eigenvalue weighted by atomic mass is 32.1. The van der Waals surface area contributed by atoms with Crippen molar-refractivity contribution < 1.29 is 32.9 Å². The van der Waals surface area contributed by atoms with E-state index in [1.807, 2.05) is 19.1 Å². The van der Waals surface area contributed by atoms with Crippen molar-refractivity contribution in [3.05, 3.63) is 65.9 Å². The molecule has 1 N–H and O–H groups in total. The van der Waals surface area contributed by atoms with E-state index in [0.717, 1.165) is 11.1 Å². The molecule has 12 nitrogen and oxygen atoms in total. The number of pyridine rings is 1. The number of nitrogens with zero attached hydrogens (tertiary/aromatic N) is 5. The molecule has 1 fully saturated rings. The molecular formula is C30H27FN6O6S. The number of anilines is 1. The molecule has 6 rings (SSSR count). The van der Waals surface area contributed by atoms with E-state index in [9.17, 15) is 14.0 Å². The van der Waals surface area contributed by atoms with Gasteiger partial charge in [-0.2, -0.15) is 0 Å². The molecular weight excluding hydrogens is 591 g/mol. The van der Waals surface area contributed by atoms with Gasteiger partial charge in [-0.3, -0.25) is 10.1 Å². The maximum Gasteiger partial charge on any atom is 0.411 e. The number of ether oxygens (including phenoxy) is 4. The quantitative estimate of drug-likeness (QED) is 0.240. The van der Waals surface area contributed by atoms with Crippen molar-refractivity contribution in [3.8, 4) is 22.2 Å². The number of amides is 2. The maximum atomic E-state index is 14.9. The summed E-state index contributed by atoms with van der Waals surface area (Å²) in [6.45, 7) is 3.75. The molecule has 226 valence electrons. The number of carbonyl (C=O) groups is 2. The van der Waals surface area contributed by atoms with Crippen LogP contribution in [0.4, 0.5) is 14.9 Å². The standard InChI is InChI=1S/C30H27FN6O6S/c1-17-11-19(27-23(12-17)35-26(40-2)16-33-27)28-36-22-13-20(31)24(14-25(22)44-28)42-9-10-43-30(39)34-18-3-4-21(32-15-18)29(38)37-5-7-41-8-6-37/h3-4,11-16H,5-10H2,1-2H3,(H,34,39). The van der Waals surface area contributed by atoms with Gasteiger partial charge in [0.25, 0.3) is 5.91 Å². The third-order valence-corrected chi connectivity index (χ3v) is 7.80. The van der Waals surface area contributed by atoms with E-state index >= 15 is 0 Å². The Labute approximate surface area is 254 Å². The van der Waals surface area contributed by atoms with Crippen LogP contribution in [0.1, 0.15) is 16.1 Å². The molecule has 0 spiro atoms. The average Bonchev–Trinajstić information content (AvgIpc) is 3.45. The third-order valence-electron chi connectivity index (χ3n) is 6.75. The highest BCUT2D eigenvalue weighted by Gasteiger charge is 2.20. The number of nitrogens with one attached hydrogen (secondary N) is 1. The lowest BCUT2D eigenvalue weighted by molar-refractivity contribution is 0.0299. The Morgan fingerprint density at radius 3 is 2.66 bits per heavy atom. The molecule has 0 radical (unpaired) electrons. The van der Waals surface area contributed by atoms with Crippen LogP contribution in [-0.2, 0) is 9.47 Å². The van der Waals surface area contributed by atoms with Crippen molar-refractivity contribution in [3.63, 3.8) is 0 Å². The van der Waals surface area contributed by atoms with Crippen LogP contribution in [0, 0.1) is 12.7 Å². The minimum absolute atomic E-state index is 0.0139. The number of halogens is 1. The average molecular weight is 619 g/mol. The van der Waals surface area contributed by atoms with Crippen molar-refractivity contribution in [1.29, 1.82) is 0 Å². The van der Waals surface area contributed by atoms with E-state index in [-0.39, 0.29) is 30.6 Å². The van der Waals surface area contributed by atoms with Gasteiger partial charge in [0.1, 0.15) is 23.9 Å². The fourth-order valence-corrected chi connectivity index (χ4v) is 5.62.